The van der Waals surface area contributed by atoms with Gasteiger partial charge in [0.1, 0.15) is 0 Å². The Morgan fingerprint density at radius 2 is 2.27 bits per heavy atom. The smallest absolute Gasteiger partial charge is 0.317 e. The number of carbonyl (C=O) groups excluding carboxylic acids is 1. The second-order valence-corrected chi connectivity index (χ2v) is 5.54. The van der Waals surface area contributed by atoms with Gasteiger partial charge in [-0.3, -0.25) is 0 Å². The highest BCUT2D eigenvalue weighted by Crippen LogP contribution is 2.16. The molecule has 0 aliphatic carbocycles. The van der Waals surface area contributed by atoms with Crippen molar-refractivity contribution in [3.8, 4) is 5.69 Å². The zero-order valence-corrected chi connectivity index (χ0v) is 12.4. The van der Waals surface area contributed by atoms with E-state index in [1.165, 1.54) is 0 Å². The number of urea groups is 1. The van der Waals surface area contributed by atoms with Crippen LogP contribution in [0, 0.1) is 5.92 Å². The summed E-state index contributed by atoms with van der Waals surface area (Å²) in [6.07, 6.45) is 6.23. The lowest BCUT2D eigenvalue weighted by atomic mass is 10.1. The Morgan fingerprint density at radius 1 is 1.41 bits per heavy atom. The van der Waals surface area contributed by atoms with Gasteiger partial charge in [0.05, 0.1) is 12.0 Å². The van der Waals surface area contributed by atoms with Gasteiger partial charge in [0.25, 0.3) is 0 Å². The first-order chi connectivity index (χ1) is 10.8. The molecule has 0 radical (unpaired) electrons. The Morgan fingerprint density at radius 3 is 3.00 bits per heavy atom. The molecule has 116 valence electrons. The summed E-state index contributed by atoms with van der Waals surface area (Å²) in [5.41, 5.74) is 2.04. The van der Waals surface area contributed by atoms with Crippen molar-refractivity contribution in [2.75, 3.05) is 19.7 Å². The van der Waals surface area contributed by atoms with Crippen LogP contribution < -0.4 is 5.32 Å². The Kier molecular flexibility index (Phi) is 4.39. The molecule has 1 saturated heterocycles. The van der Waals surface area contributed by atoms with Gasteiger partial charge in [-0.2, -0.15) is 0 Å². The fourth-order valence-corrected chi connectivity index (χ4v) is 2.76. The Hall–Kier alpha value is -2.34. The highest BCUT2D eigenvalue weighted by Gasteiger charge is 2.25. The first-order valence-electron chi connectivity index (χ1n) is 7.48. The summed E-state index contributed by atoms with van der Waals surface area (Å²) < 4.78 is 1.93. The highest BCUT2D eigenvalue weighted by atomic mass is 16.3. The van der Waals surface area contributed by atoms with Crippen molar-refractivity contribution >= 4 is 6.03 Å². The van der Waals surface area contributed by atoms with Crippen molar-refractivity contribution in [2.45, 2.75) is 13.0 Å². The predicted octanol–water partition coefficient (Wildman–Crippen LogP) is 1.40. The topological polar surface area (TPSA) is 70.4 Å². The number of benzene rings is 1. The van der Waals surface area contributed by atoms with Crippen molar-refractivity contribution < 1.29 is 9.90 Å². The fourth-order valence-electron chi connectivity index (χ4n) is 2.76. The largest absolute Gasteiger partial charge is 0.396 e. The molecule has 0 saturated carbocycles. The molecular formula is C16H20N4O2. The summed E-state index contributed by atoms with van der Waals surface area (Å²) in [6, 6.07) is 7.85. The van der Waals surface area contributed by atoms with Crippen molar-refractivity contribution in [3.05, 3.63) is 48.5 Å². The van der Waals surface area contributed by atoms with E-state index in [1.54, 1.807) is 17.4 Å². The molecule has 2 amide bonds. The number of rotatable bonds is 4. The average Bonchev–Trinajstić information content (AvgIpc) is 3.24. The van der Waals surface area contributed by atoms with Crippen molar-refractivity contribution in [1.29, 1.82) is 0 Å². The number of aliphatic hydroxyl groups excluding tert-OH is 1. The van der Waals surface area contributed by atoms with E-state index in [2.05, 4.69) is 10.3 Å². The second kappa shape index (κ2) is 6.62. The summed E-state index contributed by atoms with van der Waals surface area (Å²) in [5, 5.41) is 12.1. The Bertz CT molecular complexity index is 627. The maximum absolute atomic E-state index is 12.2. The number of aromatic nitrogens is 2. The maximum atomic E-state index is 12.2. The monoisotopic (exact) mass is 300 g/mol. The zero-order valence-electron chi connectivity index (χ0n) is 12.4. The SMILES string of the molecule is O=C(NCc1ccccc1-n1ccnc1)N1CCC(CO)C1. The van der Waals surface area contributed by atoms with Crippen molar-refractivity contribution in [3.63, 3.8) is 0 Å². The normalized spacial score (nSPS) is 17.7. The molecule has 1 aromatic heterocycles. The number of nitrogens with zero attached hydrogens (tertiary/aromatic N) is 3. The maximum Gasteiger partial charge on any atom is 0.317 e. The van der Waals surface area contributed by atoms with Crippen LogP contribution in [-0.2, 0) is 6.54 Å². The van der Waals surface area contributed by atoms with E-state index >= 15 is 0 Å². The van der Waals surface area contributed by atoms with Gasteiger partial charge in [0.2, 0.25) is 0 Å². The van der Waals surface area contributed by atoms with E-state index in [4.69, 9.17) is 5.11 Å². The van der Waals surface area contributed by atoms with Crippen LogP contribution in [0.25, 0.3) is 5.69 Å². The molecule has 6 nitrogen and oxygen atoms in total. The lowest BCUT2D eigenvalue weighted by Gasteiger charge is -2.18. The predicted molar refractivity (Wildman–Crippen MR) is 82.6 cm³/mol. The standard InChI is InChI=1S/C16H20N4O2/c21-11-13-5-7-19(10-13)16(22)18-9-14-3-1-2-4-15(14)20-8-6-17-12-20/h1-4,6,8,12-13,21H,5,7,9-11H2,(H,18,22). The van der Waals surface area contributed by atoms with Crippen molar-refractivity contribution in [2.24, 2.45) is 5.92 Å². The third-order valence-electron chi connectivity index (χ3n) is 4.04. The molecule has 2 aromatic rings. The van der Waals surface area contributed by atoms with Crippen LogP contribution in [0.15, 0.2) is 43.0 Å². The summed E-state index contributed by atoms with van der Waals surface area (Å²) in [7, 11) is 0. The van der Waals surface area contributed by atoms with Crippen LogP contribution in [0.4, 0.5) is 4.79 Å². The first-order valence-corrected chi connectivity index (χ1v) is 7.48. The van der Waals surface area contributed by atoms with Gasteiger partial charge < -0.3 is 19.9 Å². The molecule has 3 rings (SSSR count). The number of nitrogens with one attached hydrogen (secondary N) is 1. The second-order valence-electron chi connectivity index (χ2n) is 5.54. The average molecular weight is 300 g/mol. The van der Waals surface area contributed by atoms with E-state index in [9.17, 15) is 4.79 Å². The summed E-state index contributed by atoms with van der Waals surface area (Å²) >= 11 is 0. The van der Waals surface area contributed by atoms with Crippen LogP contribution in [0.1, 0.15) is 12.0 Å². The third-order valence-corrected chi connectivity index (χ3v) is 4.04. The molecule has 22 heavy (non-hydrogen) atoms. The van der Waals surface area contributed by atoms with E-state index in [0.717, 1.165) is 17.7 Å². The van der Waals surface area contributed by atoms with E-state index in [-0.39, 0.29) is 18.6 Å². The molecule has 0 spiro atoms. The summed E-state index contributed by atoms with van der Waals surface area (Å²) in [4.78, 5) is 18.0. The highest BCUT2D eigenvalue weighted by molar-refractivity contribution is 5.74. The van der Waals surface area contributed by atoms with Gasteiger partial charge in [0, 0.05) is 44.6 Å². The molecule has 2 heterocycles. The number of amides is 2. The molecule has 1 aliphatic heterocycles. The fraction of sp³-hybridized carbons (Fsp3) is 0.375. The van der Waals surface area contributed by atoms with Crippen LogP contribution in [0.5, 0.6) is 0 Å². The van der Waals surface area contributed by atoms with Crippen LogP contribution in [-0.4, -0.2) is 45.3 Å². The third kappa shape index (κ3) is 3.12. The van der Waals surface area contributed by atoms with Gasteiger partial charge in [-0.15, -0.1) is 0 Å². The lowest BCUT2D eigenvalue weighted by Crippen LogP contribution is -2.38. The number of para-hydroxylation sites is 1. The summed E-state index contributed by atoms with van der Waals surface area (Å²) in [5.74, 6) is 0.212. The van der Waals surface area contributed by atoms with Crippen LogP contribution in [0.2, 0.25) is 0 Å². The molecule has 0 bridgehead atoms. The first kappa shape index (κ1) is 14.6. The number of hydrogen-bond acceptors (Lipinski definition) is 3. The molecule has 6 heteroatoms. The molecule has 1 aliphatic rings. The quantitative estimate of drug-likeness (QED) is 0.896. The molecule has 1 atom stereocenters. The minimum absolute atomic E-state index is 0.0728. The number of imidazole rings is 1. The summed E-state index contributed by atoms with van der Waals surface area (Å²) in [6.45, 7) is 1.95. The minimum atomic E-state index is -0.0728. The lowest BCUT2D eigenvalue weighted by molar-refractivity contribution is 0.198. The van der Waals surface area contributed by atoms with E-state index in [0.29, 0.717) is 19.6 Å². The number of hydrogen-bond donors (Lipinski definition) is 2. The van der Waals surface area contributed by atoms with E-state index < -0.39 is 0 Å². The molecule has 2 N–H and O–H groups in total. The van der Waals surface area contributed by atoms with Crippen LogP contribution in [0.3, 0.4) is 0 Å². The number of aliphatic hydroxyl groups is 1. The van der Waals surface area contributed by atoms with Gasteiger partial charge in [-0.1, -0.05) is 18.2 Å². The minimum Gasteiger partial charge on any atom is -0.396 e. The van der Waals surface area contributed by atoms with Gasteiger partial charge >= 0.3 is 6.03 Å². The van der Waals surface area contributed by atoms with Gasteiger partial charge in [0.15, 0.2) is 0 Å². The molecule has 1 unspecified atom stereocenters. The number of likely N-dealkylation sites (tertiary alicyclic amines) is 1. The van der Waals surface area contributed by atoms with Gasteiger partial charge in [-0.25, -0.2) is 9.78 Å². The van der Waals surface area contributed by atoms with Crippen LogP contribution >= 0.6 is 0 Å². The van der Waals surface area contributed by atoms with E-state index in [1.807, 2.05) is 35.0 Å². The number of carbonyl (C=O) groups is 1. The zero-order chi connectivity index (χ0) is 15.4. The molecule has 1 fully saturated rings. The molecular weight excluding hydrogens is 280 g/mol. The van der Waals surface area contributed by atoms with Crippen molar-refractivity contribution in [1.82, 2.24) is 19.8 Å². The van der Waals surface area contributed by atoms with Gasteiger partial charge in [-0.05, 0) is 18.1 Å². The Balaban J connectivity index is 1.64. The Labute approximate surface area is 129 Å². The molecule has 1 aromatic carbocycles.